The van der Waals surface area contributed by atoms with E-state index in [-0.39, 0.29) is 0 Å². The fourth-order valence-corrected chi connectivity index (χ4v) is 8.51. The minimum Gasteiger partial charge on any atom is -0.309 e. The molecule has 0 fully saturated rings. The van der Waals surface area contributed by atoms with Crippen LogP contribution in [0, 0.1) is 0 Å². The second-order valence-electron chi connectivity index (χ2n) is 12.6. The van der Waals surface area contributed by atoms with Crippen molar-refractivity contribution in [2.24, 2.45) is 0 Å². The highest BCUT2D eigenvalue weighted by atomic mass is 32.1. The standard InChI is InChI=1S/C46H29N3S/c1-3-14-30(15-4-1)43-45-44(48-46(47-43)31-16-5-2-6-17-31)42-36(24-13-27-41(42)50-45)34-20-11-18-32(28-34)33-19-12-21-35(29-33)49-39-25-9-7-22-37(39)38-23-8-10-26-40(38)49/h1-29H. The first kappa shape index (κ1) is 28.6. The molecule has 4 heteroatoms. The Labute approximate surface area is 293 Å². The van der Waals surface area contributed by atoms with Crippen molar-refractivity contribution >= 4 is 53.4 Å². The van der Waals surface area contributed by atoms with Crippen molar-refractivity contribution in [2.45, 2.75) is 0 Å². The fourth-order valence-electron chi connectivity index (χ4n) is 7.33. The van der Waals surface area contributed by atoms with Crippen LogP contribution < -0.4 is 0 Å². The van der Waals surface area contributed by atoms with Gasteiger partial charge in [-0.25, -0.2) is 9.97 Å². The van der Waals surface area contributed by atoms with Crippen molar-refractivity contribution in [1.29, 1.82) is 0 Å². The average Bonchev–Trinajstić information content (AvgIpc) is 3.74. The summed E-state index contributed by atoms with van der Waals surface area (Å²) in [4.78, 5) is 10.4. The van der Waals surface area contributed by atoms with Crippen molar-refractivity contribution in [2.75, 3.05) is 0 Å². The first-order valence-corrected chi connectivity index (χ1v) is 17.7. The van der Waals surface area contributed by atoms with Gasteiger partial charge >= 0.3 is 0 Å². The van der Waals surface area contributed by atoms with Crippen molar-refractivity contribution in [3.05, 3.63) is 176 Å². The zero-order valence-electron chi connectivity index (χ0n) is 27.0. The zero-order chi connectivity index (χ0) is 33.0. The van der Waals surface area contributed by atoms with Crippen LogP contribution in [0.5, 0.6) is 0 Å². The first-order chi connectivity index (χ1) is 24.8. The molecule has 0 saturated heterocycles. The first-order valence-electron chi connectivity index (χ1n) is 16.8. The lowest BCUT2D eigenvalue weighted by atomic mass is 9.96. The highest BCUT2D eigenvalue weighted by Crippen LogP contribution is 2.44. The van der Waals surface area contributed by atoms with Gasteiger partial charge in [-0.05, 0) is 58.7 Å². The quantitative estimate of drug-likeness (QED) is 0.185. The molecule has 3 heterocycles. The molecule has 3 aromatic heterocycles. The molecule has 10 aromatic rings. The summed E-state index contributed by atoms with van der Waals surface area (Å²) in [5.41, 5.74) is 12.3. The summed E-state index contributed by atoms with van der Waals surface area (Å²) < 4.78 is 4.69. The maximum atomic E-state index is 5.27. The lowest BCUT2D eigenvalue weighted by molar-refractivity contribution is 1.18. The number of nitrogens with zero attached hydrogens (tertiary/aromatic N) is 3. The van der Waals surface area contributed by atoms with Gasteiger partial charge < -0.3 is 4.57 Å². The predicted molar refractivity (Wildman–Crippen MR) is 211 cm³/mol. The number of thiophene rings is 1. The summed E-state index contributed by atoms with van der Waals surface area (Å²) in [5.74, 6) is 0.738. The van der Waals surface area contributed by atoms with Crippen molar-refractivity contribution < 1.29 is 0 Å². The summed E-state index contributed by atoms with van der Waals surface area (Å²) >= 11 is 1.77. The Kier molecular flexibility index (Phi) is 6.68. The van der Waals surface area contributed by atoms with Crippen molar-refractivity contribution in [3.63, 3.8) is 0 Å². The smallest absolute Gasteiger partial charge is 0.160 e. The lowest BCUT2D eigenvalue weighted by Crippen LogP contribution is -1.94. The number of hydrogen-bond donors (Lipinski definition) is 0. The average molecular weight is 656 g/mol. The van der Waals surface area contributed by atoms with Gasteiger partial charge in [0.05, 0.1) is 26.9 Å². The highest BCUT2D eigenvalue weighted by Gasteiger charge is 2.19. The third-order valence-corrected chi connectivity index (χ3v) is 10.8. The van der Waals surface area contributed by atoms with E-state index in [1.165, 1.54) is 48.6 Å². The number of benzene rings is 7. The molecule has 0 atom stereocenters. The van der Waals surface area contributed by atoms with Crippen LogP contribution in [-0.2, 0) is 0 Å². The minimum absolute atomic E-state index is 0.738. The number of aromatic nitrogens is 3. The van der Waals surface area contributed by atoms with Gasteiger partial charge in [-0.1, -0.05) is 140 Å². The Morgan fingerprint density at radius 1 is 0.440 bits per heavy atom. The Morgan fingerprint density at radius 2 is 1.02 bits per heavy atom. The van der Waals surface area contributed by atoms with E-state index in [2.05, 4.69) is 162 Å². The Balaban J connectivity index is 1.15. The van der Waals surface area contributed by atoms with E-state index >= 15 is 0 Å². The second-order valence-corrected chi connectivity index (χ2v) is 13.6. The van der Waals surface area contributed by atoms with E-state index < -0.39 is 0 Å². The lowest BCUT2D eigenvalue weighted by Gasteiger charge is -2.12. The summed E-state index contributed by atoms with van der Waals surface area (Å²) in [6, 6.07) is 62.5. The molecule has 0 aliphatic rings. The van der Waals surface area contributed by atoms with E-state index in [1.54, 1.807) is 11.3 Å². The molecule has 0 saturated carbocycles. The zero-order valence-corrected chi connectivity index (χ0v) is 27.8. The van der Waals surface area contributed by atoms with Crippen LogP contribution in [0.3, 0.4) is 0 Å². The molecular formula is C46H29N3S. The van der Waals surface area contributed by atoms with E-state index in [0.29, 0.717) is 0 Å². The monoisotopic (exact) mass is 655 g/mol. The Morgan fingerprint density at radius 3 is 1.76 bits per heavy atom. The van der Waals surface area contributed by atoms with Gasteiger partial charge in [0.1, 0.15) is 0 Å². The molecule has 0 amide bonds. The van der Waals surface area contributed by atoms with Crippen LogP contribution in [-0.4, -0.2) is 14.5 Å². The fraction of sp³-hybridized carbons (Fsp3) is 0. The van der Waals surface area contributed by atoms with E-state index in [1.807, 2.05) is 18.2 Å². The third-order valence-electron chi connectivity index (χ3n) is 9.61. The van der Waals surface area contributed by atoms with Crippen molar-refractivity contribution in [1.82, 2.24) is 14.5 Å². The Bertz CT molecular complexity index is 2810. The van der Waals surface area contributed by atoms with Crippen LogP contribution in [0.2, 0.25) is 0 Å². The largest absolute Gasteiger partial charge is 0.309 e. The van der Waals surface area contributed by atoms with Crippen LogP contribution in [0.1, 0.15) is 0 Å². The maximum absolute atomic E-state index is 5.27. The van der Waals surface area contributed by atoms with Crippen LogP contribution >= 0.6 is 11.3 Å². The molecule has 3 nitrogen and oxygen atoms in total. The summed E-state index contributed by atoms with van der Waals surface area (Å²) in [6.07, 6.45) is 0. The molecule has 0 aliphatic carbocycles. The number of hydrogen-bond acceptors (Lipinski definition) is 3. The van der Waals surface area contributed by atoms with Crippen molar-refractivity contribution in [3.8, 4) is 50.6 Å². The van der Waals surface area contributed by atoms with Gasteiger partial charge in [-0.3, -0.25) is 0 Å². The van der Waals surface area contributed by atoms with E-state index in [9.17, 15) is 0 Å². The van der Waals surface area contributed by atoms with Gasteiger partial charge in [-0.15, -0.1) is 11.3 Å². The van der Waals surface area contributed by atoms with Gasteiger partial charge in [0.25, 0.3) is 0 Å². The number of rotatable bonds is 5. The summed E-state index contributed by atoms with van der Waals surface area (Å²) in [5, 5.41) is 3.70. The minimum atomic E-state index is 0.738. The topological polar surface area (TPSA) is 30.7 Å². The molecule has 234 valence electrons. The SMILES string of the molecule is c1ccc(-c2nc(-c3ccccc3)c3sc4cccc(-c5cccc(-c6cccc(-n7c8ccccc8c8ccccc87)c6)c5)c4c3n2)cc1. The molecule has 7 aromatic carbocycles. The molecule has 0 radical (unpaired) electrons. The molecule has 50 heavy (non-hydrogen) atoms. The molecule has 0 spiro atoms. The molecule has 0 unspecified atom stereocenters. The molecule has 0 bridgehead atoms. The van der Waals surface area contributed by atoms with Crippen LogP contribution in [0.15, 0.2) is 176 Å². The van der Waals surface area contributed by atoms with Gasteiger partial charge in [-0.2, -0.15) is 0 Å². The van der Waals surface area contributed by atoms with Crippen LogP contribution in [0.25, 0.3) is 92.7 Å². The predicted octanol–water partition coefficient (Wildman–Crippen LogP) is 12.6. The van der Waals surface area contributed by atoms with E-state index in [4.69, 9.17) is 9.97 Å². The second kappa shape index (κ2) is 11.7. The van der Waals surface area contributed by atoms with Gasteiger partial charge in [0.15, 0.2) is 5.82 Å². The maximum Gasteiger partial charge on any atom is 0.160 e. The summed E-state index contributed by atoms with van der Waals surface area (Å²) in [6.45, 7) is 0. The van der Waals surface area contributed by atoms with E-state index in [0.717, 1.165) is 44.1 Å². The number of para-hydroxylation sites is 2. The van der Waals surface area contributed by atoms with Gasteiger partial charge in [0.2, 0.25) is 0 Å². The van der Waals surface area contributed by atoms with Gasteiger partial charge in [0, 0.05) is 37.7 Å². The molecule has 0 aliphatic heterocycles. The molecule has 0 N–H and O–H groups in total. The molecular weight excluding hydrogens is 627 g/mol. The molecule has 10 rings (SSSR count). The Hall–Kier alpha value is -6.36. The normalized spacial score (nSPS) is 11.6. The van der Waals surface area contributed by atoms with Crippen LogP contribution in [0.4, 0.5) is 0 Å². The highest BCUT2D eigenvalue weighted by molar-refractivity contribution is 7.26. The number of fused-ring (bicyclic) bond motifs is 6. The third kappa shape index (κ3) is 4.65. The summed E-state index contributed by atoms with van der Waals surface area (Å²) in [7, 11) is 0.